The van der Waals surface area contributed by atoms with Crippen LogP contribution in [0.3, 0.4) is 0 Å². The second kappa shape index (κ2) is 10.1. The highest BCUT2D eigenvalue weighted by molar-refractivity contribution is 5.93. The first-order chi connectivity index (χ1) is 14.2. The third-order valence-corrected chi connectivity index (χ3v) is 4.37. The Morgan fingerprint density at radius 2 is 1.86 bits per heavy atom. The van der Waals surface area contributed by atoms with Gasteiger partial charge in [-0.25, -0.2) is 4.98 Å². The van der Waals surface area contributed by atoms with Crippen LogP contribution in [0.4, 0.5) is 5.82 Å². The predicted molar refractivity (Wildman–Crippen MR) is 111 cm³/mol. The van der Waals surface area contributed by atoms with Crippen LogP contribution in [0.25, 0.3) is 0 Å². The summed E-state index contributed by atoms with van der Waals surface area (Å²) in [5.41, 5.74) is 2.59. The third-order valence-electron chi connectivity index (χ3n) is 4.37. The van der Waals surface area contributed by atoms with Gasteiger partial charge in [-0.2, -0.15) is 0 Å². The molecule has 0 atom stereocenters. The van der Waals surface area contributed by atoms with Gasteiger partial charge in [-0.15, -0.1) is 0 Å². The average molecular weight is 392 g/mol. The van der Waals surface area contributed by atoms with E-state index in [2.05, 4.69) is 20.6 Å². The van der Waals surface area contributed by atoms with E-state index in [1.807, 2.05) is 30.3 Å². The number of benzene rings is 1. The maximum Gasteiger partial charge on any atom is 0.253 e. The highest BCUT2D eigenvalue weighted by atomic mass is 16.5. The zero-order valence-electron chi connectivity index (χ0n) is 16.5. The summed E-state index contributed by atoms with van der Waals surface area (Å²) in [5.74, 6) is 1.97. The SMILES string of the molecule is COc1ccc(CCNc2ccc(C(=O)NCc3cccnc3)cn2)cc1OC. The second-order valence-corrected chi connectivity index (χ2v) is 6.34. The molecule has 7 heteroatoms. The van der Waals surface area contributed by atoms with Gasteiger partial charge in [0, 0.05) is 31.7 Å². The Kier molecular flexibility index (Phi) is 7.00. The van der Waals surface area contributed by atoms with Gasteiger partial charge >= 0.3 is 0 Å². The zero-order valence-corrected chi connectivity index (χ0v) is 16.5. The van der Waals surface area contributed by atoms with Crippen molar-refractivity contribution in [2.75, 3.05) is 26.1 Å². The maximum atomic E-state index is 12.2. The summed E-state index contributed by atoms with van der Waals surface area (Å²) in [6.07, 6.45) is 5.79. The van der Waals surface area contributed by atoms with Gasteiger partial charge in [0.15, 0.2) is 11.5 Å². The minimum Gasteiger partial charge on any atom is -0.493 e. The van der Waals surface area contributed by atoms with Crippen molar-refractivity contribution in [2.45, 2.75) is 13.0 Å². The smallest absolute Gasteiger partial charge is 0.253 e. The number of nitrogens with one attached hydrogen (secondary N) is 2. The van der Waals surface area contributed by atoms with Crippen molar-refractivity contribution in [3.05, 3.63) is 77.7 Å². The first-order valence-electron chi connectivity index (χ1n) is 9.27. The molecule has 2 N–H and O–H groups in total. The number of pyridine rings is 2. The number of rotatable bonds is 9. The molecule has 0 aliphatic carbocycles. The lowest BCUT2D eigenvalue weighted by molar-refractivity contribution is 0.0950. The minimum atomic E-state index is -0.168. The minimum absolute atomic E-state index is 0.168. The van der Waals surface area contributed by atoms with Crippen molar-refractivity contribution in [2.24, 2.45) is 0 Å². The molecule has 2 aromatic heterocycles. The van der Waals surface area contributed by atoms with Crippen molar-refractivity contribution in [1.29, 1.82) is 0 Å². The number of amides is 1. The molecular formula is C22H24N4O3. The van der Waals surface area contributed by atoms with E-state index in [4.69, 9.17) is 9.47 Å². The van der Waals surface area contributed by atoms with Gasteiger partial charge in [0.2, 0.25) is 0 Å². The molecule has 0 saturated heterocycles. The Morgan fingerprint density at radius 3 is 2.55 bits per heavy atom. The lowest BCUT2D eigenvalue weighted by Crippen LogP contribution is -2.23. The fraction of sp³-hybridized carbons (Fsp3) is 0.227. The summed E-state index contributed by atoms with van der Waals surface area (Å²) in [7, 11) is 3.24. The third kappa shape index (κ3) is 5.68. The lowest BCUT2D eigenvalue weighted by Gasteiger charge is -2.10. The maximum absolute atomic E-state index is 12.2. The summed E-state index contributed by atoms with van der Waals surface area (Å²) < 4.78 is 10.6. The molecule has 29 heavy (non-hydrogen) atoms. The topological polar surface area (TPSA) is 85.4 Å². The van der Waals surface area contributed by atoms with Crippen LogP contribution in [0.1, 0.15) is 21.5 Å². The van der Waals surface area contributed by atoms with E-state index in [9.17, 15) is 4.79 Å². The zero-order chi connectivity index (χ0) is 20.5. The summed E-state index contributed by atoms with van der Waals surface area (Å²) in [4.78, 5) is 20.6. The number of hydrogen-bond acceptors (Lipinski definition) is 6. The molecule has 0 saturated carbocycles. The molecule has 150 valence electrons. The summed E-state index contributed by atoms with van der Waals surface area (Å²) in [6.45, 7) is 1.13. The lowest BCUT2D eigenvalue weighted by atomic mass is 10.1. The molecule has 0 aliphatic heterocycles. The molecule has 3 aromatic rings. The first-order valence-corrected chi connectivity index (χ1v) is 9.27. The van der Waals surface area contributed by atoms with E-state index in [0.29, 0.717) is 36.0 Å². The van der Waals surface area contributed by atoms with Crippen LogP contribution in [0.2, 0.25) is 0 Å². The molecule has 0 spiro atoms. The van der Waals surface area contributed by atoms with Crippen molar-refractivity contribution in [1.82, 2.24) is 15.3 Å². The quantitative estimate of drug-likeness (QED) is 0.582. The van der Waals surface area contributed by atoms with Gasteiger partial charge in [-0.1, -0.05) is 12.1 Å². The molecular weight excluding hydrogens is 368 g/mol. The highest BCUT2D eigenvalue weighted by Gasteiger charge is 2.07. The fourth-order valence-corrected chi connectivity index (χ4v) is 2.79. The Hall–Kier alpha value is -3.61. The Bertz CT molecular complexity index is 931. The average Bonchev–Trinajstić information content (AvgIpc) is 2.78. The van der Waals surface area contributed by atoms with Crippen molar-refractivity contribution in [3.63, 3.8) is 0 Å². The van der Waals surface area contributed by atoms with Crippen molar-refractivity contribution in [3.8, 4) is 11.5 Å². The van der Waals surface area contributed by atoms with Crippen LogP contribution in [-0.4, -0.2) is 36.6 Å². The van der Waals surface area contributed by atoms with Crippen molar-refractivity contribution < 1.29 is 14.3 Å². The van der Waals surface area contributed by atoms with Crippen LogP contribution in [0.15, 0.2) is 61.1 Å². The number of aromatic nitrogens is 2. The highest BCUT2D eigenvalue weighted by Crippen LogP contribution is 2.27. The van der Waals surface area contributed by atoms with Crippen LogP contribution in [0, 0.1) is 0 Å². The molecule has 0 bridgehead atoms. The monoisotopic (exact) mass is 392 g/mol. The Morgan fingerprint density at radius 1 is 1.00 bits per heavy atom. The number of carbonyl (C=O) groups excluding carboxylic acids is 1. The molecule has 0 unspecified atom stereocenters. The molecule has 0 fully saturated rings. The summed E-state index contributed by atoms with van der Waals surface area (Å²) in [5, 5.41) is 6.12. The Balaban J connectivity index is 1.48. The van der Waals surface area contributed by atoms with Gasteiger partial charge < -0.3 is 20.1 Å². The van der Waals surface area contributed by atoms with E-state index < -0.39 is 0 Å². The summed E-state index contributed by atoms with van der Waals surface area (Å²) in [6, 6.07) is 13.2. The van der Waals surface area contributed by atoms with E-state index in [-0.39, 0.29) is 5.91 Å². The molecule has 0 radical (unpaired) electrons. The first kappa shape index (κ1) is 20.1. The normalized spacial score (nSPS) is 10.3. The van der Waals surface area contributed by atoms with Gasteiger partial charge in [0.05, 0.1) is 19.8 Å². The Labute approximate surface area is 170 Å². The number of methoxy groups -OCH3 is 2. The molecule has 3 rings (SSSR count). The van der Waals surface area contributed by atoms with E-state index in [1.165, 1.54) is 0 Å². The van der Waals surface area contributed by atoms with Crippen LogP contribution < -0.4 is 20.1 Å². The second-order valence-electron chi connectivity index (χ2n) is 6.34. The fourth-order valence-electron chi connectivity index (χ4n) is 2.79. The largest absolute Gasteiger partial charge is 0.493 e. The van der Waals surface area contributed by atoms with Gasteiger partial charge in [-0.05, 0) is 47.9 Å². The molecule has 7 nitrogen and oxygen atoms in total. The van der Waals surface area contributed by atoms with E-state index >= 15 is 0 Å². The molecule has 2 heterocycles. The van der Waals surface area contributed by atoms with Gasteiger partial charge in [0.1, 0.15) is 5.82 Å². The summed E-state index contributed by atoms with van der Waals surface area (Å²) >= 11 is 0. The van der Waals surface area contributed by atoms with Crippen molar-refractivity contribution >= 4 is 11.7 Å². The van der Waals surface area contributed by atoms with E-state index in [1.54, 1.807) is 44.9 Å². The van der Waals surface area contributed by atoms with Crippen LogP contribution in [0.5, 0.6) is 11.5 Å². The van der Waals surface area contributed by atoms with Crippen LogP contribution in [-0.2, 0) is 13.0 Å². The molecule has 0 aliphatic rings. The molecule has 1 amide bonds. The molecule has 1 aromatic carbocycles. The van der Waals surface area contributed by atoms with E-state index in [0.717, 1.165) is 17.5 Å². The number of anilines is 1. The number of nitrogens with zero attached hydrogens (tertiary/aromatic N) is 2. The number of ether oxygens (including phenoxy) is 2. The van der Waals surface area contributed by atoms with Crippen LogP contribution >= 0.6 is 0 Å². The number of carbonyl (C=O) groups is 1. The van der Waals surface area contributed by atoms with Gasteiger partial charge in [-0.3, -0.25) is 9.78 Å². The standard InChI is InChI=1S/C22H24N4O3/c1-28-19-7-5-16(12-20(19)29-2)9-11-24-21-8-6-18(15-25-21)22(27)26-14-17-4-3-10-23-13-17/h3-8,10,12-13,15H,9,11,14H2,1-2H3,(H,24,25)(H,26,27). The predicted octanol–water partition coefficient (Wildman–Crippen LogP) is 3.08. The number of hydrogen-bond donors (Lipinski definition) is 2. The van der Waals surface area contributed by atoms with Gasteiger partial charge in [0.25, 0.3) is 5.91 Å².